The minimum absolute atomic E-state index is 0.118. The van der Waals surface area contributed by atoms with Crippen LogP contribution in [0.1, 0.15) is 63.0 Å². The number of aryl methyl sites for hydroxylation is 1. The zero-order valence-electron chi connectivity index (χ0n) is 15.1. The minimum Gasteiger partial charge on any atom is -0.444 e. The van der Waals surface area contributed by atoms with Crippen molar-refractivity contribution in [2.75, 3.05) is 13.1 Å². The predicted molar refractivity (Wildman–Crippen MR) is 91.3 cm³/mol. The summed E-state index contributed by atoms with van der Waals surface area (Å²) in [5, 5.41) is 0. The van der Waals surface area contributed by atoms with Crippen LogP contribution in [0.4, 0.5) is 4.79 Å². The normalized spacial score (nSPS) is 20.8. The molecule has 6 heteroatoms. The Bertz CT molecular complexity index is 703. The number of carbonyl (C=O) groups is 1. The molecular weight excluding hydrogens is 306 g/mol. The van der Waals surface area contributed by atoms with Crippen LogP contribution in [0.2, 0.25) is 0 Å². The molecule has 0 radical (unpaired) electrons. The quantitative estimate of drug-likeness (QED) is 0.792. The van der Waals surface area contributed by atoms with Crippen LogP contribution in [0.5, 0.6) is 0 Å². The SMILES string of the molecule is Cc1c([C@@H]2CCCN(C(=O)OC(C)(C)C)C2)n2c(nc1=O)CCC2. The molecule has 3 rings (SSSR count). The molecule has 0 saturated carbocycles. The second-order valence-corrected chi connectivity index (χ2v) is 7.86. The van der Waals surface area contributed by atoms with Crippen LogP contribution in [0.15, 0.2) is 4.79 Å². The number of nitrogens with zero attached hydrogens (tertiary/aromatic N) is 3. The second kappa shape index (κ2) is 6.22. The third-order valence-corrected chi connectivity index (χ3v) is 4.78. The van der Waals surface area contributed by atoms with Gasteiger partial charge >= 0.3 is 6.09 Å². The fourth-order valence-corrected chi connectivity index (χ4v) is 3.77. The lowest BCUT2D eigenvalue weighted by Gasteiger charge is -2.35. The van der Waals surface area contributed by atoms with Gasteiger partial charge in [0.05, 0.1) is 0 Å². The Morgan fingerprint density at radius 1 is 1.25 bits per heavy atom. The van der Waals surface area contributed by atoms with Gasteiger partial charge in [-0.3, -0.25) is 4.79 Å². The van der Waals surface area contributed by atoms with E-state index in [2.05, 4.69) is 9.55 Å². The molecule has 0 N–H and O–H groups in total. The molecule has 1 aromatic heterocycles. The second-order valence-electron chi connectivity index (χ2n) is 7.86. The zero-order valence-corrected chi connectivity index (χ0v) is 15.1. The summed E-state index contributed by atoms with van der Waals surface area (Å²) in [5.41, 5.74) is 1.20. The lowest BCUT2D eigenvalue weighted by atomic mass is 9.92. The van der Waals surface area contributed by atoms with E-state index in [1.165, 1.54) is 0 Å². The Hall–Kier alpha value is -1.85. The van der Waals surface area contributed by atoms with E-state index in [-0.39, 0.29) is 17.6 Å². The Morgan fingerprint density at radius 3 is 2.71 bits per heavy atom. The van der Waals surface area contributed by atoms with Crippen LogP contribution in [-0.4, -0.2) is 39.2 Å². The number of ether oxygens (including phenoxy) is 1. The van der Waals surface area contributed by atoms with Gasteiger partial charge in [0.15, 0.2) is 0 Å². The Balaban J connectivity index is 1.86. The van der Waals surface area contributed by atoms with E-state index in [1.54, 1.807) is 4.90 Å². The first-order valence-corrected chi connectivity index (χ1v) is 8.84. The summed E-state index contributed by atoms with van der Waals surface area (Å²) in [6.45, 7) is 9.75. The maximum absolute atomic E-state index is 12.4. The summed E-state index contributed by atoms with van der Waals surface area (Å²) in [5.74, 6) is 1.08. The number of piperidine rings is 1. The number of rotatable bonds is 1. The van der Waals surface area contributed by atoms with Gasteiger partial charge in [0.2, 0.25) is 0 Å². The fourth-order valence-electron chi connectivity index (χ4n) is 3.77. The molecule has 0 unspecified atom stereocenters. The van der Waals surface area contributed by atoms with Crippen LogP contribution >= 0.6 is 0 Å². The van der Waals surface area contributed by atoms with Crippen molar-refractivity contribution in [2.45, 2.75) is 71.4 Å². The van der Waals surface area contributed by atoms with Crippen molar-refractivity contribution < 1.29 is 9.53 Å². The van der Waals surface area contributed by atoms with Gasteiger partial charge in [0, 0.05) is 43.2 Å². The zero-order chi connectivity index (χ0) is 17.5. The Morgan fingerprint density at radius 2 is 2.00 bits per heavy atom. The maximum atomic E-state index is 12.4. The number of aromatic nitrogens is 2. The summed E-state index contributed by atoms with van der Waals surface area (Å²) in [6.07, 6.45) is 3.55. The number of likely N-dealkylation sites (tertiary alicyclic amines) is 1. The van der Waals surface area contributed by atoms with Crippen LogP contribution in [-0.2, 0) is 17.7 Å². The van der Waals surface area contributed by atoms with E-state index >= 15 is 0 Å². The van der Waals surface area contributed by atoms with Gasteiger partial charge in [-0.05, 0) is 47.0 Å². The van der Waals surface area contributed by atoms with E-state index < -0.39 is 5.60 Å². The van der Waals surface area contributed by atoms with Gasteiger partial charge in [-0.15, -0.1) is 0 Å². The molecule has 1 fully saturated rings. The highest BCUT2D eigenvalue weighted by molar-refractivity contribution is 5.68. The number of amides is 1. The molecule has 1 aromatic rings. The number of hydrogen-bond acceptors (Lipinski definition) is 4. The van der Waals surface area contributed by atoms with Gasteiger partial charge in [-0.25, -0.2) is 4.79 Å². The molecule has 132 valence electrons. The fraction of sp³-hybridized carbons (Fsp3) is 0.722. The molecule has 24 heavy (non-hydrogen) atoms. The largest absolute Gasteiger partial charge is 0.444 e. The first-order valence-electron chi connectivity index (χ1n) is 8.84. The van der Waals surface area contributed by atoms with Crippen LogP contribution in [0, 0.1) is 6.92 Å². The topological polar surface area (TPSA) is 64.4 Å². The van der Waals surface area contributed by atoms with Crippen molar-refractivity contribution in [3.63, 3.8) is 0 Å². The first kappa shape index (κ1) is 17.0. The summed E-state index contributed by atoms with van der Waals surface area (Å²) >= 11 is 0. The monoisotopic (exact) mass is 333 g/mol. The lowest BCUT2D eigenvalue weighted by molar-refractivity contribution is 0.0195. The third kappa shape index (κ3) is 3.32. The standard InChI is InChI=1S/C18H27N3O3/c1-12-15(21-10-6-8-14(21)19-16(12)22)13-7-5-9-20(11-13)17(23)24-18(2,3)4/h13H,5-11H2,1-4H3/t13-/m1/s1. The van der Waals surface area contributed by atoms with Crippen molar-refractivity contribution >= 4 is 6.09 Å². The molecule has 3 heterocycles. The summed E-state index contributed by atoms with van der Waals surface area (Å²) < 4.78 is 7.72. The van der Waals surface area contributed by atoms with E-state index in [0.29, 0.717) is 13.1 Å². The van der Waals surface area contributed by atoms with Gasteiger partial charge in [-0.1, -0.05) is 0 Å². The Kier molecular flexibility index (Phi) is 4.40. The summed E-state index contributed by atoms with van der Waals surface area (Å²) in [6, 6.07) is 0. The smallest absolute Gasteiger partial charge is 0.410 e. The maximum Gasteiger partial charge on any atom is 0.410 e. The van der Waals surface area contributed by atoms with E-state index in [9.17, 15) is 9.59 Å². The molecule has 2 aliphatic heterocycles. The molecule has 1 amide bonds. The Labute approximate surface area is 142 Å². The third-order valence-electron chi connectivity index (χ3n) is 4.78. The van der Waals surface area contributed by atoms with Crippen molar-refractivity contribution in [3.8, 4) is 0 Å². The highest BCUT2D eigenvalue weighted by atomic mass is 16.6. The highest BCUT2D eigenvalue weighted by Gasteiger charge is 2.32. The van der Waals surface area contributed by atoms with Crippen LogP contribution in [0.25, 0.3) is 0 Å². The van der Waals surface area contributed by atoms with Crippen LogP contribution in [0.3, 0.4) is 0 Å². The van der Waals surface area contributed by atoms with Crippen molar-refractivity contribution in [1.29, 1.82) is 0 Å². The van der Waals surface area contributed by atoms with Gasteiger partial charge in [0.25, 0.3) is 5.56 Å². The molecule has 2 aliphatic rings. The summed E-state index contributed by atoms with van der Waals surface area (Å²) in [4.78, 5) is 30.6. The number of fused-ring (bicyclic) bond motifs is 1. The van der Waals surface area contributed by atoms with Gasteiger partial charge in [0.1, 0.15) is 11.4 Å². The average molecular weight is 333 g/mol. The molecular formula is C18H27N3O3. The molecule has 0 spiro atoms. The number of carbonyl (C=O) groups excluding carboxylic acids is 1. The molecule has 0 bridgehead atoms. The van der Waals surface area contributed by atoms with E-state index in [4.69, 9.17) is 4.74 Å². The molecule has 6 nitrogen and oxygen atoms in total. The lowest BCUT2D eigenvalue weighted by Crippen LogP contribution is -2.43. The minimum atomic E-state index is -0.491. The van der Waals surface area contributed by atoms with Gasteiger partial charge in [-0.2, -0.15) is 4.98 Å². The first-order chi connectivity index (χ1) is 11.3. The van der Waals surface area contributed by atoms with E-state index in [1.807, 2.05) is 27.7 Å². The molecule has 1 saturated heterocycles. The van der Waals surface area contributed by atoms with E-state index in [0.717, 1.165) is 49.3 Å². The van der Waals surface area contributed by atoms with Gasteiger partial charge < -0.3 is 14.2 Å². The van der Waals surface area contributed by atoms with Crippen molar-refractivity contribution in [3.05, 3.63) is 27.4 Å². The summed E-state index contributed by atoms with van der Waals surface area (Å²) in [7, 11) is 0. The molecule has 1 atom stereocenters. The predicted octanol–water partition coefficient (Wildman–Crippen LogP) is 2.61. The van der Waals surface area contributed by atoms with Crippen LogP contribution < -0.4 is 5.56 Å². The highest BCUT2D eigenvalue weighted by Crippen LogP contribution is 2.31. The van der Waals surface area contributed by atoms with Crippen molar-refractivity contribution in [2.24, 2.45) is 0 Å². The number of hydrogen-bond donors (Lipinski definition) is 0. The van der Waals surface area contributed by atoms with Crippen molar-refractivity contribution in [1.82, 2.24) is 14.5 Å². The molecule has 0 aliphatic carbocycles. The average Bonchev–Trinajstić information content (AvgIpc) is 2.94. The molecule has 0 aromatic carbocycles.